The van der Waals surface area contributed by atoms with Crippen LogP contribution >= 0.6 is 23.2 Å². The lowest BCUT2D eigenvalue weighted by Gasteiger charge is -2.08. The Bertz CT molecular complexity index is 518. The minimum absolute atomic E-state index is 0.417. The zero-order chi connectivity index (χ0) is 12.6. The smallest absolute Gasteiger partial charge is 0.332 e. The van der Waals surface area contributed by atoms with Crippen LogP contribution in [0.5, 0.6) is 0 Å². The molecule has 0 heterocycles. The van der Waals surface area contributed by atoms with Crippen LogP contribution in [0.2, 0.25) is 10.0 Å². The topological polar surface area (TPSA) is 37.3 Å². The predicted molar refractivity (Wildman–Crippen MR) is 69.6 cm³/mol. The van der Waals surface area contributed by atoms with E-state index in [1.807, 2.05) is 6.92 Å². The number of aliphatic carboxylic acids is 1. The summed E-state index contributed by atoms with van der Waals surface area (Å²) in [6, 6.07) is 3.47. The number of hydrogen-bond acceptors (Lipinski definition) is 1. The second kappa shape index (κ2) is 4.71. The van der Waals surface area contributed by atoms with Gasteiger partial charge in [-0.3, -0.25) is 0 Å². The molecule has 0 radical (unpaired) electrons. The van der Waals surface area contributed by atoms with Gasteiger partial charge in [0.1, 0.15) is 0 Å². The minimum Gasteiger partial charge on any atom is -0.478 e. The Morgan fingerprint density at radius 2 is 2.12 bits per heavy atom. The summed E-state index contributed by atoms with van der Waals surface area (Å²) in [6.07, 6.45) is 2.04. The Labute approximate surface area is 110 Å². The van der Waals surface area contributed by atoms with E-state index in [1.54, 1.807) is 12.1 Å². The molecule has 17 heavy (non-hydrogen) atoms. The van der Waals surface area contributed by atoms with Gasteiger partial charge in [-0.15, -0.1) is 0 Å². The first kappa shape index (κ1) is 12.5. The molecule has 0 atom stereocenters. The maximum Gasteiger partial charge on any atom is 0.332 e. The molecule has 0 fully saturated rings. The van der Waals surface area contributed by atoms with Gasteiger partial charge in [0.15, 0.2) is 0 Å². The highest BCUT2D eigenvalue weighted by Crippen LogP contribution is 2.41. The van der Waals surface area contributed by atoms with Gasteiger partial charge in [-0.25, -0.2) is 4.79 Å². The van der Waals surface area contributed by atoms with Crippen molar-refractivity contribution in [2.24, 2.45) is 0 Å². The summed E-state index contributed by atoms with van der Waals surface area (Å²) in [5, 5.41) is 10.3. The van der Waals surface area contributed by atoms with Crippen LogP contribution in [0.3, 0.4) is 0 Å². The molecule has 0 saturated carbocycles. The first-order valence-corrected chi connectivity index (χ1v) is 6.23. The van der Waals surface area contributed by atoms with Crippen LogP contribution in [-0.2, 0) is 11.2 Å². The Morgan fingerprint density at radius 1 is 1.41 bits per heavy atom. The molecule has 90 valence electrons. The van der Waals surface area contributed by atoms with Crippen molar-refractivity contribution in [2.75, 3.05) is 0 Å². The third-order valence-electron chi connectivity index (χ3n) is 2.93. The second-order valence-corrected chi connectivity index (χ2v) is 4.95. The molecule has 2 rings (SSSR count). The van der Waals surface area contributed by atoms with E-state index in [4.69, 9.17) is 23.2 Å². The number of fused-ring (bicyclic) bond motifs is 1. The van der Waals surface area contributed by atoms with Crippen LogP contribution in [0.15, 0.2) is 17.7 Å². The molecular formula is C13H12Cl2O2. The molecule has 1 N–H and O–H groups in total. The average molecular weight is 271 g/mol. The Balaban J connectivity index is 2.59. The van der Waals surface area contributed by atoms with Crippen molar-refractivity contribution >= 4 is 34.7 Å². The number of carbonyl (C=O) groups is 1. The van der Waals surface area contributed by atoms with E-state index in [0.29, 0.717) is 22.0 Å². The molecule has 1 aliphatic carbocycles. The maximum atomic E-state index is 11.2. The number of allylic oxidation sites excluding steroid dienone is 1. The van der Waals surface area contributed by atoms with Crippen LogP contribution in [0.1, 0.15) is 30.9 Å². The third-order valence-corrected chi connectivity index (χ3v) is 3.44. The Morgan fingerprint density at radius 3 is 2.71 bits per heavy atom. The van der Waals surface area contributed by atoms with Gasteiger partial charge in [0.05, 0.1) is 0 Å². The van der Waals surface area contributed by atoms with Crippen molar-refractivity contribution in [3.05, 3.63) is 38.9 Å². The molecular weight excluding hydrogens is 259 g/mol. The number of carboxylic acids is 1. The highest BCUT2D eigenvalue weighted by Gasteiger charge is 2.27. The van der Waals surface area contributed by atoms with Crippen LogP contribution in [0.25, 0.3) is 5.57 Å². The van der Waals surface area contributed by atoms with Gasteiger partial charge < -0.3 is 5.11 Å². The fourth-order valence-electron chi connectivity index (χ4n) is 2.28. The predicted octanol–water partition coefficient (Wildman–Crippen LogP) is 4.19. The lowest BCUT2D eigenvalue weighted by Crippen LogP contribution is -2.01. The summed E-state index contributed by atoms with van der Waals surface area (Å²) in [7, 11) is 0. The van der Waals surface area contributed by atoms with Crippen LogP contribution in [0, 0.1) is 0 Å². The zero-order valence-electron chi connectivity index (χ0n) is 9.39. The molecule has 0 unspecified atom stereocenters. The van der Waals surface area contributed by atoms with E-state index in [0.717, 1.165) is 29.5 Å². The number of carboxylic acid groups (broad SMARTS) is 1. The average Bonchev–Trinajstić information content (AvgIpc) is 2.57. The van der Waals surface area contributed by atoms with Gasteiger partial charge in [-0.1, -0.05) is 36.5 Å². The molecule has 0 bridgehead atoms. The van der Waals surface area contributed by atoms with E-state index in [2.05, 4.69) is 0 Å². The molecule has 0 amide bonds. The van der Waals surface area contributed by atoms with Crippen LogP contribution in [-0.4, -0.2) is 11.1 Å². The first-order valence-electron chi connectivity index (χ1n) is 5.48. The molecule has 1 aromatic rings. The summed E-state index contributed by atoms with van der Waals surface area (Å²) in [6.45, 7) is 2.02. The van der Waals surface area contributed by atoms with Gasteiger partial charge in [0.2, 0.25) is 0 Å². The summed E-state index contributed by atoms with van der Waals surface area (Å²) >= 11 is 12.1. The van der Waals surface area contributed by atoms with Gasteiger partial charge in [0.25, 0.3) is 0 Å². The van der Waals surface area contributed by atoms with Crippen molar-refractivity contribution in [3.63, 3.8) is 0 Å². The second-order valence-electron chi connectivity index (χ2n) is 4.11. The Hall–Kier alpha value is -0.990. The number of halogens is 2. The minimum atomic E-state index is -0.864. The van der Waals surface area contributed by atoms with Crippen LogP contribution < -0.4 is 0 Å². The normalized spacial score (nSPS) is 14.1. The highest BCUT2D eigenvalue weighted by atomic mass is 35.5. The summed E-state index contributed by atoms with van der Waals surface area (Å²) in [4.78, 5) is 11.2. The molecule has 0 aromatic heterocycles. The molecule has 1 aliphatic rings. The number of hydrogen-bond donors (Lipinski definition) is 1. The zero-order valence-corrected chi connectivity index (χ0v) is 10.9. The van der Waals surface area contributed by atoms with Crippen molar-refractivity contribution in [2.45, 2.75) is 26.2 Å². The summed E-state index contributed by atoms with van der Waals surface area (Å²) in [5.74, 6) is -0.864. The molecule has 4 heteroatoms. The molecule has 0 saturated heterocycles. The van der Waals surface area contributed by atoms with Gasteiger partial charge >= 0.3 is 5.97 Å². The van der Waals surface area contributed by atoms with Crippen molar-refractivity contribution in [1.82, 2.24) is 0 Å². The van der Waals surface area contributed by atoms with Crippen molar-refractivity contribution in [3.8, 4) is 0 Å². The fourth-order valence-corrected chi connectivity index (χ4v) is 2.93. The first-order chi connectivity index (χ1) is 8.04. The van der Waals surface area contributed by atoms with Crippen LogP contribution in [0.4, 0.5) is 0 Å². The van der Waals surface area contributed by atoms with E-state index in [9.17, 15) is 9.90 Å². The largest absolute Gasteiger partial charge is 0.478 e. The van der Waals surface area contributed by atoms with Crippen molar-refractivity contribution in [1.29, 1.82) is 0 Å². The molecule has 1 aromatic carbocycles. The van der Waals surface area contributed by atoms with Gasteiger partial charge in [-0.05, 0) is 29.7 Å². The maximum absolute atomic E-state index is 11.2. The fraction of sp³-hybridized carbons (Fsp3) is 0.308. The van der Waals surface area contributed by atoms with Gasteiger partial charge in [-0.2, -0.15) is 0 Å². The van der Waals surface area contributed by atoms with E-state index in [1.165, 1.54) is 0 Å². The summed E-state index contributed by atoms with van der Waals surface area (Å²) in [5.41, 5.74) is 3.10. The van der Waals surface area contributed by atoms with Crippen molar-refractivity contribution < 1.29 is 9.90 Å². The quantitative estimate of drug-likeness (QED) is 0.895. The molecule has 2 nitrogen and oxygen atoms in total. The summed E-state index contributed by atoms with van der Waals surface area (Å²) < 4.78 is 0. The Kier molecular flexibility index (Phi) is 3.45. The molecule has 0 aliphatic heterocycles. The highest BCUT2D eigenvalue weighted by molar-refractivity contribution is 6.36. The SMILES string of the molecule is CCCC1=C(C(=O)O)Cc2cc(Cl)cc(Cl)c21. The third kappa shape index (κ3) is 2.20. The van der Waals surface area contributed by atoms with E-state index in [-0.39, 0.29) is 0 Å². The standard InChI is InChI=1S/C13H12Cl2O2/c1-2-3-9-10(13(16)17)5-7-4-8(14)6-11(15)12(7)9/h4,6H,2-3,5H2,1H3,(H,16,17). The van der Waals surface area contributed by atoms with E-state index >= 15 is 0 Å². The lowest BCUT2D eigenvalue weighted by atomic mass is 10.0. The van der Waals surface area contributed by atoms with E-state index < -0.39 is 5.97 Å². The molecule has 0 spiro atoms. The lowest BCUT2D eigenvalue weighted by molar-refractivity contribution is -0.132. The number of rotatable bonds is 3. The number of benzene rings is 1. The van der Waals surface area contributed by atoms with Gasteiger partial charge in [0, 0.05) is 27.6 Å². The monoisotopic (exact) mass is 270 g/mol.